The van der Waals surface area contributed by atoms with Crippen molar-refractivity contribution in [3.05, 3.63) is 77.4 Å². The van der Waals surface area contributed by atoms with Crippen molar-refractivity contribution in [3.8, 4) is 5.75 Å². The molecule has 1 unspecified atom stereocenters. The third-order valence-electron chi connectivity index (χ3n) is 4.85. The Morgan fingerprint density at radius 3 is 2.48 bits per heavy atom. The summed E-state index contributed by atoms with van der Waals surface area (Å²) in [5, 5.41) is 0. The van der Waals surface area contributed by atoms with Crippen LogP contribution in [-0.4, -0.2) is 11.7 Å². The molecule has 0 saturated carbocycles. The van der Waals surface area contributed by atoms with Crippen molar-refractivity contribution in [1.29, 1.82) is 0 Å². The Morgan fingerprint density at radius 2 is 1.76 bits per heavy atom. The molecule has 0 aliphatic carbocycles. The zero-order valence-corrected chi connectivity index (χ0v) is 15.5. The lowest BCUT2D eigenvalue weighted by atomic mass is 10.0. The van der Waals surface area contributed by atoms with Gasteiger partial charge in [-0.25, -0.2) is 0 Å². The topological polar surface area (TPSA) is 21.8 Å². The van der Waals surface area contributed by atoms with Crippen molar-refractivity contribution in [2.24, 2.45) is 0 Å². The fourth-order valence-electron chi connectivity index (χ4n) is 3.03. The van der Waals surface area contributed by atoms with Crippen LogP contribution < -0.4 is 4.74 Å². The highest BCUT2D eigenvalue weighted by Crippen LogP contribution is 2.39. The maximum absolute atomic E-state index is 6.04. The van der Waals surface area contributed by atoms with E-state index in [-0.39, 0.29) is 5.60 Å². The number of hydrogen-bond acceptors (Lipinski definition) is 2. The summed E-state index contributed by atoms with van der Waals surface area (Å²) in [6.07, 6.45) is 5.87. The van der Waals surface area contributed by atoms with E-state index in [1.807, 2.05) is 24.3 Å². The van der Waals surface area contributed by atoms with Crippen LogP contribution >= 0.6 is 0 Å². The van der Waals surface area contributed by atoms with Crippen LogP contribution in [-0.2, 0) is 17.8 Å². The lowest BCUT2D eigenvalue weighted by Gasteiger charge is -2.11. The maximum Gasteiger partial charge on any atom is 0.123 e. The first kappa shape index (κ1) is 17.8. The molecular formula is C23H28O2. The second kappa shape index (κ2) is 7.88. The number of benzene rings is 2. The maximum atomic E-state index is 6.04. The molecule has 0 N–H and O–H groups in total. The zero-order valence-electron chi connectivity index (χ0n) is 15.5. The molecule has 1 aliphatic rings. The number of hydrogen-bond donors (Lipinski definition) is 0. The number of rotatable bonds is 8. The summed E-state index contributed by atoms with van der Waals surface area (Å²) in [7, 11) is 0. The van der Waals surface area contributed by atoms with E-state index in [1.165, 1.54) is 16.7 Å². The Hall–Kier alpha value is -2.06. The second-order valence-electron chi connectivity index (χ2n) is 7.39. The van der Waals surface area contributed by atoms with Crippen LogP contribution in [0, 0.1) is 0 Å². The van der Waals surface area contributed by atoms with E-state index in [0.29, 0.717) is 12.7 Å². The van der Waals surface area contributed by atoms with Crippen LogP contribution in [0.5, 0.6) is 5.75 Å². The first-order valence-corrected chi connectivity index (χ1v) is 9.13. The van der Waals surface area contributed by atoms with Gasteiger partial charge in [-0.05, 0) is 57.2 Å². The lowest BCUT2D eigenvalue weighted by molar-refractivity contribution is 0.303. The minimum Gasteiger partial charge on any atom is -0.489 e. The molecular weight excluding hydrogens is 308 g/mol. The van der Waals surface area contributed by atoms with Gasteiger partial charge in [0.25, 0.3) is 0 Å². The van der Waals surface area contributed by atoms with E-state index in [2.05, 4.69) is 57.2 Å². The number of allylic oxidation sites excluding steroid dienone is 2. The van der Waals surface area contributed by atoms with Gasteiger partial charge in [0.05, 0.1) is 11.7 Å². The Morgan fingerprint density at radius 1 is 1.08 bits per heavy atom. The Balaban J connectivity index is 1.54. The van der Waals surface area contributed by atoms with Gasteiger partial charge in [0, 0.05) is 0 Å². The van der Waals surface area contributed by atoms with E-state index < -0.39 is 0 Å². The van der Waals surface area contributed by atoms with E-state index in [0.717, 1.165) is 25.0 Å². The molecule has 0 amide bonds. The normalized spacial score (nSPS) is 18.8. The van der Waals surface area contributed by atoms with Crippen molar-refractivity contribution < 1.29 is 9.47 Å². The van der Waals surface area contributed by atoms with E-state index >= 15 is 0 Å². The van der Waals surface area contributed by atoms with Gasteiger partial charge in [-0.15, -0.1) is 0 Å². The molecule has 1 atom stereocenters. The van der Waals surface area contributed by atoms with Crippen LogP contribution in [0.3, 0.4) is 0 Å². The van der Waals surface area contributed by atoms with Gasteiger partial charge in [0.1, 0.15) is 12.4 Å². The van der Waals surface area contributed by atoms with Crippen molar-refractivity contribution in [2.75, 3.05) is 0 Å². The third-order valence-corrected chi connectivity index (χ3v) is 4.85. The third kappa shape index (κ3) is 5.20. The molecule has 1 saturated heterocycles. The standard InChI is InChI=1S/C23H28O2/c1-18(14-16-22-23(2,3)25-22)13-15-20-11-7-8-12-21(20)24-17-19-9-5-4-6-10-19/h4-13,22H,14-17H2,1-3H3/b18-13+. The van der Waals surface area contributed by atoms with Gasteiger partial charge < -0.3 is 9.47 Å². The predicted molar refractivity (Wildman–Crippen MR) is 103 cm³/mol. The lowest BCUT2D eigenvalue weighted by Crippen LogP contribution is -2.02. The fraction of sp³-hybridized carbons (Fsp3) is 0.391. The van der Waals surface area contributed by atoms with E-state index in [1.54, 1.807) is 0 Å². The largest absolute Gasteiger partial charge is 0.489 e. The highest BCUT2D eigenvalue weighted by molar-refractivity contribution is 5.35. The van der Waals surface area contributed by atoms with Crippen molar-refractivity contribution in [2.45, 2.75) is 58.3 Å². The molecule has 2 nitrogen and oxygen atoms in total. The van der Waals surface area contributed by atoms with Gasteiger partial charge in [-0.1, -0.05) is 60.2 Å². The van der Waals surface area contributed by atoms with E-state index in [4.69, 9.17) is 9.47 Å². The highest BCUT2D eigenvalue weighted by Gasteiger charge is 2.46. The van der Waals surface area contributed by atoms with Gasteiger partial charge in [-0.3, -0.25) is 0 Å². The average Bonchev–Trinajstić information content (AvgIpc) is 3.24. The van der Waals surface area contributed by atoms with Crippen LogP contribution in [0.2, 0.25) is 0 Å². The predicted octanol–water partition coefficient (Wildman–Crippen LogP) is 5.71. The van der Waals surface area contributed by atoms with Crippen LogP contribution in [0.1, 0.15) is 44.7 Å². The first-order valence-electron chi connectivity index (χ1n) is 9.13. The number of ether oxygens (including phenoxy) is 2. The molecule has 1 fully saturated rings. The number of para-hydroxylation sites is 1. The molecule has 1 heterocycles. The summed E-state index contributed by atoms with van der Waals surface area (Å²) in [4.78, 5) is 0. The first-order chi connectivity index (χ1) is 12.0. The summed E-state index contributed by atoms with van der Waals surface area (Å²) < 4.78 is 11.7. The molecule has 2 aromatic rings. The summed E-state index contributed by atoms with van der Waals surface area (Å²) >= 11 is 0. The van der Waals surface area contributed by atoms with Gasteiger partial charge >= 0.3 is 0 Å². The quantitative estimate of drug-likeness (QED) is 0.455. The Bertz CT molecular complexity index is 716. The molecule has 0 spiro atoms. The van der Waals surface area contributed by atoms with Crippen molar-refractivity contribution in [1.82, 2.24) is 0 Å². The molecule has 2 heteroatoms. The second-order valence-corrected chi connectivity index (χ2v) is 7.39. The van der Waals surface area contributed by atoms with E-state index in [9.17, 15) is 0 Å². The Labute approximate surface area is 151 Å². The SMILES string of the molecule is C/C(=C\Cc1ccccc1OCc1ccccc1)CCC1OC1(C)C. The molecule has 0 aromatic heterocycles. The molecule has 0 radical (unpaired) electrons. The van der Waals surface area contributed by atoms with Crippen molar-refractivity contribution >= 4 is 0 Å². The molecule has 2 aromatic carbocycles. The molecule has 1 aliphatic heterocycles. The van der Waals surface area contributed by atoms with Gasteiger partial charge in [0.15, 0.2) is 0 Å². The van der Waals surface area contributed by atoms with Crippen LogP contribution in [0.25, 0.3) is 0 Å². The summed E-state index contributed by atoms with van der Waals surface area (Å²) in [6.45, 7) is 7.14. The molecule has 25 heavy (non-hydrogen) atoms. The smallest absolute Gasteiger partial charge is 0.123 e. The summed E-state index contributed by atoms with van der Waals surface area (Å²) in [5.74, 6) is 0.974. The van der Waals surface area contributed by atoms with Gasteiger partial charge in [-0.2, -0.15) is 0 Å². The van der Waals surface area contributed by atoms with Gasteiger partial charge in [0.2, 0.25) is 0 Å². The highest BCUT2D eigenvalue weighted by atomic mass is 16.6. The Kier molecular flexibility index (Phi) is 5.60. The summed E-state index contributed by atoms with van der Waals surface area (Å²) in [6, 6.07) is 18.6. The van der Waals surface area contributed by atoms with Crippen molar-refractivity contribution in [3.63, 3.8) is 0 Å². The minimum absolute atomic E-state index is 0.0954. The molecule has 132 valence electrons. The summed E-state index contributed by atoms with van der Waals surface area (Å²) in [5.41, 5.74) is 3.94. The number of epoxide rings is 1. The van der Waals surface area contributed by atoms with Crippen LogP contribution in [0.15, 0.2) is 66.2 Å². The average molecular weight is 336 g/mol. The monoisotopic (exact) mass is 336 g/mol. The van der Waals surface area contributed by atoms with Crippen LogP contribution in [0.4, 0.5) is 0 Å². The molecule has 0 bridgehead atoms. The molecule has 3 rings (SSSR count). The minimum atomic E-state index is 0.0954. The fourth-order valence-corrected chi connectivity index (χ4v) is 3.03. The zero-order chi connectivity index (χ0) is 17.7.